The molecule has 2 N–H and O–H groups in total. The van der Waals surface area contributed by atoms with Crippen molar-refractivity contribution >= 4 is 0 Å². The predicted octanol–water partition coefficient (Wildman–Crippen LogP) is 2.01. The molecule has 3 unspecified atom stereocenters. The molecule has 0 aromatic rings. The molecule has 4 nitrogen and oxygen atoms in total. The first kappa shape index (κ1) is 17.9. The molecule has 1 aliphatic carbocycles. The average Bonchev–Trinajstić information content (AvgIpc) is 2.39. The molecule has 20 heavy (non-hydrogen) atoms. The monoisotopic (exact) mass is 286 g/mol. The summed E-state index contributed by atoms with van der Waals surface area (Å²) in [4.78, 5) is 2.54. The minimum Gasteiger partial charge on any atom is -0.394 e. The number of aliphatic hydroxyl groups is 1. The van der Waals surface area contributed by atoms with Crippen molar-refractivity contribution in [1.82, 2.24) is 10.2 Å². The van der Waals surface area contributed by atoms with Crippen LogP contribution in [0.25, 0.3) is 0 Å². The third kappa shape index (κ3) is 4.69. The van der Waals surface area contributed by atoms with E-state index in [1.807, 2.05) is 0 Å². The second kappa shape index (κ2) is 8.32. The fraction of sp³-hybridized carbons (Fsp3) is 1.00. The highest BCUT2D eigenvalue weighted by atomic mass is 16.5. The van der Waals surface area contributed by atoms with E-state index in [0.29, 0.717) is 18.1 Å². The van der Waals surface area contributed by atoms with Gasteiger partial charge in [0.15, 0.2) is 0 Å². The van der Waals surface area contributed by atoms with E-state index in [1.54, 1.807) is 7.11 Å². The van der Waals surface area contributed by atoms with Crippen LogP contribution in [0.4, 0.5) is 0 Å². The number of likely N-dealkylation sites (N-methyl/N-ethyl adjacent to an activating group) is 1. The molecule has 1 aliphatic rings. The molecule has 4 heteroatoms. The molecular weight excluding hydrogens is 252 g/mol. The van der Waals surface area contributed by atoms with Gasteiger partial charge in [0.1, 0.15) is 0 Å². The first-order valence-electron chi connectivity index (χ1n) is 8.11. The van der Waals surface area contributed by atoms with Crippen LogP contribution in [-0.2, 0) is 4.74 Å². The third-order valence-corrected chi connectivity index (χ3v) is 4.52. The van der Waals surface area contributed by atoms with Crippen molar-refractivity contribution in [2.45, 2.75) is 77.0 Å². The number of aliphatic hydroxyl groups excluding tert-OH is 1. The average molecular weight is 286 g/mol. The third-order valence-electron chi connectivity index (χ3n) is 4.52. The van der Waals surface area contributed by atoms with Crippen molar-refractivity contribution in [3.05, 3.63) is 0 Å². The topological polar surface area (TPSA) is 44.7 Å². The summed E-state index contributed by atoms with van der Waals surface area (Å²) in [5.74, 6) is 0. The van der Waals surface area contributed by atoms with E-state index in [4.69, 9.17) is 4.74 Å². The highest BCUT2D eigenvalue weighted by Gasteiger charge is 2.38. The minimum absolute atomic E-state index is 0.0999. The van der Waals surface area contributed by atoms with E-state index >= 15 is 0 Å². The van der Waals surface area contributed by atoms with Crippen molar-refractivity contribution in [3.63, 3.8) is 0 Å². The zero-order valence-corrected chi connectivity index (χ0v) is 14.0. The maximum Gasteiger partial charge on any atom is 0.0615 e. The Morgan fingerprint density at radius 2 is 2.10 bits per heavy atom. The summed E-state index contributed by atoms with van der Waals surface area (Å²) in [7, 11) is 1.77. The largest absolute Gasteiger partial charge is 0.394 e. The molecule has 0 spiro atoms. The summed E-state index contributed by atoms with van der Waals surface area (Å²) in [5, 5.41) is 13.5. The lowest BCUT2D eigenvalue weighted by Gasteiger charge is -2.46. The molecule has 120 valence electrons. The van der Waals surface area contributed by atoms with Gasteiger partial charge in [0, 0.05) is 30.8 Å². The van der Waals surface area contributed by atoms with Gasteiger partial charge in [0.05, 0.1) is 13.2 Å². The Bertz CT molecular complexity index is 273. The summed E-state index contributed by atoms with van der Waals surface area (Å²) in [5.41, 5.74) is -0.0999. The zero-order valence-electron chi connectivity index (χ0n) is 14.0. The van der Waals surface area contributed by atoms with Crippen LogP contribution in [0.2, 0.25) is 0 Å². The van der Waals surface area contributed by atoms with E-state index in [9.17, 15) is 5.11 Å². The van der Waals surface area contributed by atoms with E-state index in [-0.39, 0.29) is 12.1 Å². The number of nitrogens with zero attached hydrogens (tertiary/aromatic N) is 1. The standard InChI is InChI=1S/C16H34N2O2/c1-6-18(14(4)11-20-5)15-8-7-9-16(10-15,12-19)17-13(2)3/h13-15,17,19H,6-12H2,1-5H3. The van der Waals surface area contributed by atoms with Gasteiger partial charge < -0.3 is 15.2 Å². The molecule has 1 saturated carbocycles. The molecule has 0 bridgehead atoms. The molecule has 0 heterocycles. The molecule has 0 amide bonds. The van der Waals surface area contributed by atoms with Crippen LogP contribution in [0.5, 0.6) is 0 Å². The van der Waals surface area contributed by atoms with E-state index in [2.05, 4.69) is 37.9 Å². The molecule has 1 fully saturated rings. The van der Waals surface area contributed by atoms with Crippen molar-refractivity contribution in [1.29, 1.82) is 0 Å². The lowest BCUT2D eigenvalue weighted by Crippen LogP contribution is -2.58. The molecule has 3 atom stereocenters. The molecule has 1 rings (SSSR count). The van der Waals surface area contributed by atoms with Crippen molar-refractivity contribution in [2.24, 2.45) is 0 Å². The first-order chi connectivity index (χ1) is 9.48. The van der Waals surface area contributed by atoms with Gasteiger partial charge in [-0.15, -0.1) is 0 Å². The number of hydrogen-bond donors (Lipinski definition) is 2. The van der Waals surface area contributed by atoms with Gasteiger partial charge in [0.25, 0.3) is 0 Å². The van der Waals surface area contributed by atoms with Gasteiger partial charge >= 0.3 is 0 Å². The molecule has 0 radical (unpaired) electrons. The lowest BCUT2D eigenvalue weighted by atomic mass is 9.78. The Hall–Kier alpha value is -0.160. The number of methoxy groups -OCH3 is 1. The van der Waals surface area contributed by atoms with Gasteiger partial charge in [-0.1, -0.05) is 20.8 Å². The van der Waals surface area contributed by atoms with Gasteiger partial charge in [-0.3, -0.25) is 4.90 Å². The second-order valence-electron chi connectivity index (χ2n) is 6.62. The Morgan fingerprint density at radius 3 is 2.60 bits per heavy atom. The highest BCUT2D eigenvalue weighted by molar-refractivity contribution is 4.97. The van der Waals surface area contributed by atoms with Gasteiger partial charge in [-0.05, 0) is 39.2 Å². The van der Waals surface area contributed by atoms with E-state index < -0.39 is 0 Å². The maximum absolute atomic E-state index is 9.90. The molecular formula is C16H34N2O2. The van der Waals surface area contributed by atoms with Crippen LogP contribution in [0.15, 0.2) is 0 Å². The molecule has 0 saturated heterocycles. The second-order valence-corrected chi connectivity index (χ2v) is 6.62. The normalized spacial score (nSPS) is 29.1. The van der Waals surface area contributed by atoms with Crippen molar-refractivity contribution < 1.29 is 9.84 Å². The van der Waals surface area contributed by atoms with Crippen molar-refractivity contribution in [3.8, 4) is 0 Å². The minimum atomic E-state index is -0.0999. The number of ether oxygens (including phenoxy) is 1. The Labute approximate surface area is 124 Å². The SMILES string of the molecule is CCN(C(C)COC)C1CCCC(CO)(NC(C)C)C1. The first-order valence-corrected chi connectivity index (χ1v) is 8.11. The zero-order chi connectivity index (χ0) is 15.2. The van der Waals surface area contributed by atoms with Crippen LogP contribution in [-0.4, -0.2) is 60.5 Å². The molecule has 0 aliphatic heterocycles. The molecule has 0 aromatic heterocycles. The highest BCUT2D eigenvalue weighted by Crippen LogP contribution is 2.32. The Balaban J connectivity index is 2.74. The quantitative estimate of drug-likeness (QED) is 0.716. The van der Waals surface area contributed by atoms with E-state index in [0.717, 1.165) is 26.0 Å². The number of nitrogens with one attached hydrogen (secondary N) is 1. The maximum atomic E-state index is 9.90. The Kier molecular flexibility index (Phi) is 7.45. The fourth-order valence-electron chi connectivity index (χ4n) is 3.81. The Morgan fingerprint density at radius 1 is 1.40 bits per heavy atom. The summed E-state index contributed by atoms with van der Waals surface area (Å²) in [6.45, 7) is 10.8. The van der Waals surface area contributed by atoms with Crippen molar-refractivity contribution in [2.75, 3.05) is 26.9 Å². The molecule has 0 aromatic carbocycles. The smallest absolute Gasteiger partial charge is 0.0615 e. The van der Waals surface area contributed by atoms with Crippen LogP contribution in [0.1, 0.15) is 53.4 Å². The van der Waals surface area contributed by atoms with Crippen LogP contribution < -0.4 is 5.32 Å². The fourth-order valence-corrected chi connectivity index (χ4v) is 3.81. The van der Waals surface area contributed by atoms with Gasteiger partial charge in [-0.2, -0.15) is 0 Å². The van der Waals surface area contributed by atoms with Crippen LogP contribution in [0, 0.1) is 0 Å². The summed E-state index contributed by atoms with van der Waals surface area (Å²) in [6.07, 6.45) is 4.52. The van der Waals surface area contributed by atoms with Crippen LogP contribution >= 0.6 is 0 Å². The van der Waals surface area contributed by atoms with E-state index in [1.165, 1.54) is 12.8 Å². The summed E-state index contributed by atoms with van der Waals surface area (Å²) in [6, 6.07) is 1.38. The predicted molar refractivity (Wildman–Crippen MR) is 84.1 cm³/mol. The van der Waals surface area contributed by atoms with Crippen LogP contribution in [0.3, 0.4) is 0 Å². The van der Waals surface area contributed by atoms with Gasteiger partial charge in [0.2, 0.25) is 0 Å². The number of hydrogen-bond acceptors (Lipinski definition) is 4. The summed E-state index contributed by atoms with van der Waals surface area (Å²) >= 11 is 0. The van der Waals surface area contributed by atoms with Gasteiger partial charge in [-0.25, -0.2) is 0 Å². The summed E-state index contributed by atoms with van der Waals surface area (Å²) < 4.78 is 5.31. The number of rotatable bonds is 8. The lowest BCUT2D eigenvalue weighted by molar-refractivity contribution is 0.0193.